The van der Waals surface area contributed by atoms with E-state index in [1.165, 1.54) is 12.1 Å². The number of carbonyl (C=O) groups is 1. The molecule has 2 nitrogen and oxygen atoms in total. The Morgan fingerprint density at radius 3 is 2.62 bits per heavy atom. The summed E-state index contributed by atoms with van der Waals surface area (Å²) in [4.78, 5) is 12.1. The van der Waals surface area contributed by atoms with Crippen molar-refractivity contribution in [1.29, 1.82) is 0 Å². The Hall–Kier alpha value is -1.23. The summed E-state index contributed by atoms with van der Waals surface area (Å²) in [6.07, 6.45) is 0.182. The number of hydrogen-bond acceptors (Lipinski definition) is 1. The summed E-state index contributed by atoms with van der Waals surface area (Å²) in [6.45, 7) is 0. The number of nitrogens with one attached hydrogen (secondary N) is 1. The molecular weight excluding hydrogens is 303 g/mol. The minimum absolute atomic E-state index is 0.0120. The first-order chi connectivity index (χ1) is 9.88. The summed E-state index contributed by atoms with van der Waals surface area (Å²) in [5, 5.41) is 2.60. The Morgan fingerprint density at radius 2 is 1.90 bits per heavy atom. The van der Waals surface area contributed by atoms with Gasteiger partial charge >= 0.3 is 6.18 Å². The molecule has 21 heavy (non-hydrogen) atoms. The highest BCUT2D eigenvalue weighted by Gasteiger charge is 2.31. The Balaban J connectivity index is 2.09. The first-order valence-electron chi connectivity index (χ1n) is 7.00. The molecule has 2 atom stereocenters. The molecule has 0 saturated heterocycles. The largest absolute Gasteiger partial charge is 0.416 e. The van der Waals surface area contributed by atoms with E-state index in [4.69, 9.17) is 11.6 Å². The van der Waals surface area contributed by atoms with Crippen LogP contribution in [0.25, 0.3) is 0 Å². The fourth-order valence-electron chi connectivity index (χ4n) is 2.51. The molecule has 0 heterocycles. The van der Waals surface area contributed by atoms with Crippen LogP contribution in [-0.2, 0) is 6.18 Å². The number of amides is 1. The smallest absolute Gasteiger partial charge is 0.348 e. The van der Waals surface area contributed by atoms with Crippen LogP contribution in [0.5, 0.6) is 0 Å². The lowest BCUT2D eigenvalue weighted by molar-refractivity contribution is -0.137. The maximum atomic E-state index is 12.7. The molecule has 116 valence electrons. The molecule has 1 N–H and O–H groups in total. The molecule has 6 heteroatoms. The number of halogens is 4. The third-order valence-corrected chi connectivity index (χ3v) is 4.22. The van der Waals surface area contributed by atoms with E-state index in [1.807, 2.05) is 0 Å². The normalized spacial score (nSPS) is 23.4. The van der Waals surface area contributed by atoms with Crippen LogP contribution in [0, 0.1) is 0 Å². The predicted molar refractivity (Wildman–Crippen MR) is 75.4 cm³/mol. The van der Waals surface area contributed by atoms with Crippen molar-refractivity contribution in [3.8, 4) is 0 Å². The van der Waals surface area contributed by atoms with Gasteiger partial charge in [-0.1, -0.05) is 25.3 Å². The Morgan fingerprint density at radius 1 is 1.19 bits per heavy atom. The van der Waals surface area contributed by atoms with Gasteiger partial charge in [-0.15, -0.1) is 11.6 Å². The monoisotopic (exact) mass is 319 g/mol. The van der Waals surface area contributed by atoms with Crippen LogP contribution in [0.1, 0.15) is 48.0 Å². The van der Waals surface area contributed by atoms with Crippen molar-refractivity contribution in [3.05, 3.63) is 35.4 Å². The lowest BCUT2D eigenvalue weighted by Crippen LogP contribution is -2.40. The molecule has 1 amide bonds. The molecule has 1 fully saturated rings. The van der Waals surface area contributed by atoms with Crippen LogP contribution in [0.15, 0.2) is 24.3 Å². The van der Waals surface area contributed by atoms with Crippen molar-refractivity contribution >= 4 is 17.5 Å². The van der Waals surface area contributed by atoms with E-state index in [0.717, 1.165) is 44.2 Å². The Kier molecular flexibility index (Phi) is 5.14. The molecule has 1 aromatic rings. The zero-order valence-electron chi connectivity index (χ0n) is 11.4. The zero-order valence-corrected chi connectivity index (χ0v) is 12.2. The minimum Gasteiger partial charge on any atom is -0.348 e. The van der Waals surface area contributed by atoms with Gasteiger partial charge in [0.15, 0.2) is 0 Å². The summed E-state index contributed by atoms with van der Waals surface area (Å²) < 4.78 is 38.0. The summed E-state index contributed by atoms with van der Waals surface area (Å²) in [5.74, 6) is -0.501. The Bertz CT molecular complexity index is 504. The second-order valence-corrected chi connectivity index (χ2v) is 5.87. The van der Waals surface area contributed by atoms with E-state index >= 15 is 0 Å². The summed E-state index contributed by atoms with van der Waals surface area (Å²) in [6, 6.07) is 4.26. The second kappa shape index (κ2) is 6.69. The van der Waals surface area contributed by atoms with Gasteiger partial charge in [-0.05, 0) is 31.0 Å². The van der Waals surface area contributed by atoms with Crippen molar-refractivity contribution in [2.75, 3.05) is 0 Å². The average molecular weight is 320 g/mol. The van der Waals surface area contributed by atoms with E-state index in [-0.39, 0.29) is 17.0 Å². The third kappa shape index (κ3) is 4.37. The summed E-state index contributed by atoms with van der Waals surface area (Å²) in [5.41, 5.74) is -0.809. The molecular formula is C15H17ClF3NO. The molecule has 1 aliphatic carbocycles. The SMILES string of the molecule is O=C(NC1CCCCCC1Cl)c1cccc(C(F)(F)F)c1. The second-order valence-electron chi connectivity index (χ2n) is 5.31. The molecule has 1 aromatic carbocycles. The van der Waals surface area contributed by atoms with Gasteiger partial charge in [0.25, 0.3) is 5.91 Å². The molecule has 0 aromatic heterocycles. The predicted octanol–water partition coefficient (Wildman–Crippen LogP) is 4.38. The van der Waals surface area contributed by atoms with Crippen molar-refractivity contribution < 1.29 is 18.0 Å². The van der Waals surface area contributed by atoms with E-state index in [9.17, 15) is 18.0 Å². The maximum Gasteiger partial charge on any atom is 0.416 e. The van der Waals surface area contributed by atoms with Crippen molar-refractivity contribution in [1.82, 2.24) is 5.32 Å². The molecule has 1 aliphatic rings. The van der Waals surface area contributed by atoms with Gasteiger partial charge < -0.3 is 5.32 Å². The molecule has 2 unspecified atom stereocenters. The first kappa shape index (κ1) is 16.1. The minimum atomic E-state index is -4.45. The fraction of sp³-hybridized carbons (Fsp3) is 0.533. The topological polar surface area (TPSA) is 29.1 Å². The maximum absolute atomic E-state index is 12.7. The number of hydrogen-bond donors (Lipinski definition) is 1. The molecule has 0 bridgehead atoms. The summed E-state index contributed by atoms with van der Waals surface area (Å²) >= 11 is 6.23. The average Bonchev–Trinajstić information content (AvgIpc) is 2.63. The van der Waals surface area contributed by atoms with Crippen LogP contribution < -0.4 is 5.32 Å². The van der Waals surface area contributed by atoms with Crippen LogP contribution in [0.4, 0.5) is 13.2 Å². The van der Waals surface area contributed by atoms with Gasteiger partial charge in [0.05, 0.1) is 10.9 Å². The van der Waals surface area contributed by atoms with Gasteiger partial charge in [0.2, 0.25) is 0 Å². The van der Waals surface area contributed by atoms with Gasteiger partial charge in [-0.3, -0.25) is 4.79 Å². The van der Waals surface area contributed by atoms with Gasteiger partial charge in [-0.2, -0.15) is 13.2 Å². The molecule has 1 saturated carbocycles. The first-order valence-corrected chi connectivity index (χ1v) is 7.44. The van der Waals surface area contributed by atoms with Crippen LogP contribution in [0.2, 0.25) is 0 Å². The highest BCUT2D eigenvalue weighted by molar-refractivity contribution is 6.21. The quantitative estimate of drug-likeness (QED) is 0.636. The lowest BCUT2D eigenvalue weighted by atomic mass is 10.1. The van der Waals surface area contributed by atoms with Crippen LogP contribution in [-0.4, -0.2) is 17.3 Å². The highest BCUT2D eigenvalue weighted by Crippen LogP contribution is 2.29. The van der Waals surface area contributed by atoms with Crippen LogP contribution >= 0.6 is 11.6 Å². The fourth-order valence-corrected chi connectivity index (χ4v) is 2.86. The van der Waals surface area contributed by atoms with Gasteiger partial charge in [0.1, 0.15) is 0 Å². The van der Waals surface area contributed by atoms with Gasteiger partial charge in [-0.25, -0.2) is 0 Å². The highest BCUT2D eigenvalue weighted by atomic mass is 35.5. The standard InChI is InChI=1S/C15H17ClF3NO/c16-12-7-2-1-3-8-13(12)20-14(21)10-5-4-6-11(9-10)15(17,18)19/h4-6,9,12-13H,1-3,7-8H2,(H,20,21). The number of carbonyl (C=O) groups excluding carboxylic acids is 1. The van der Waals surface area contributed by atoms with Crippen molar-refractivity contribution in [2.45, 2.75) is 49.7 Å². The third-order valence-electron chi connectivity index (χ3n) is 3.70. The Labute approximate surface area is 126 Å². The lowest BCUT2D eigenvalue weighted by Gasteiger charge is -2.21. The molecule has 0 spiro atoms. The number of rotatable bonds is 2. The van der Waals surface area contributed by atoms with E-state index in [2.05, 4.69) is 5.32 Å². The molecule has 2 rings (SSSR count). The van der Waals surface area contributed by atoms with E-state index < -0.39 is 17.6 Å². The number of alkyl halides is 4. The van der Waals surface area contributed by atoms with E-state index in [0.29, 0.717) is 0 Å². The zero-order chi connectivity index (χ0) is 15.5. The van der Waals surface area contributed by atoms with Crippen molar-refractivity contribution in [3.63, 3.8) is 0 Å². The molecule has 0 aliphatic heterocycles. The van der Waals surface area contributed by atoms with Gasteiger partial charge in [0, 0.05) is 11.6 Å². The number of benzene rings is 1. The van der Waals surface area contributed by atoms with E-state index in [1.54, 1.807) is 0 Å². The molecule has 0 radical (unpaired) electrons. The summed E-state index contributed by atoms with van der Waals surface area (Å²) in [7, 11) is 0. The van der Waals surface area contributed by atoms with Crippen LogP contribution in [0.3, 0.4) is 0 Å². The van der Waals surface area contributed by atoms with Crippen molar-refractivity contribution in [2.24, 2.45) is 0 Å².